The maximum Gasteiger partial charge on any atom is 0.293 e. The predicted octanol–water partition coefficient (Wildman–Crippen LogP) is 4.19. The second kappa shape index (κ2) is 14.2. The molecule has 1 aliphatic rings. The number of hydrogen-bond donors (Lipinski definition) is 0. The Labute approximate surface area is 159 Å². The lowest BCUT2D eigenvalue weighted by molar-refractivity contribution is -0.128. The zero-order valence-electron chi connectivity index (χ0n) is 16.4. The van der Waals surface area contributed by atoms with E-state index in [4.69, 9.17) is 4.84 Å². The van der Waals surface area contributed by atoms with E-state index in [0.29, 0.717) is 13.1 Å². The van der Waals surface area contributed by atoms with E-state index >= 15 is 0 Å². The lowest BCUT2D eigenvalue weighted by atomic mass is 10.0. The van der Waals surface area contributed by atoms with Gasteiger partial charge in [-0.05, 0) is 18.1 Å². The van der Waals surface area contributed by atoms with E-state index in [1.807, 2.05) is 51.1 Å². The predicted molar refractivity (Wildman–Crippen MR) is 110 cm³/mol. The molecule has 0 spiro atoms. The van der Waals surface area contributed by atoms with Gasteiger partial charge in [-0.15, -0.1) is 0 Å². The average molecular weight is 382 g/mol. The highest BCUT2D eigenvalue weighted by atomic mass is 32.2. The van der Waals surface area contributed by atoms with Crippen molar-refractivity contribution in [2.45, 2.75) is 51.9 Å². The molecular formula is C20H31NO4S. The van der Waals surface area contributed by atoms with Crippen LogP contribution >= 0.6 is 0 Å². The van der Waals surface area contributed by atoms with Gasteiger partial charge in [-0.2, -0.15) is 0 Å². The van der Waals surface area contributed by atoms with Crippen molar-refractivity contribution in [3.05, 3.63) is 42.0 Å². The Morgan fingerprint density at radius 1 is 1.38 bits per heavy atom. The van der Waals surface area contributed by atoms with Crippen LogP contribution in [0.15, 0.2) is 36.0 Å². The Kier molecular flexibility index (Phi) is 13.2. The molecular weight excluding hydrogens is 350 g/mol. The Hall–Kier alpha value is -1.95. The largest absolute Gasteiger partial charge is 0.468 e. The first-order chi connectivity index (χ1) is 12.5. The smallest absolute Gasteiger partial charge is 0.293 e. The molecule has 3 unspecified atom stereocenters. The van der Waals surface area contributed by atoms with Crippen LogP contribution in [0.4, 0.5) is 0 Å². The summed E-state index contributed by atoms with van der Waals surface area (Å²) in [7, 11) is -0.808. The minimum atomic E-state index is -0.808. The molecule has 2 rings (SSSR count). The van der Waals surface area contributed by atoms with E-state index < -0.39 is 10.8 Å². The standard InChI is InChI=1S/C15H19NO2S.C3H6O2.C2H6/c1-4-12-5-7-13(8-6-12)15-10-14(18-16-15)9-11(2)19(3)17;1-2-5-3-4;1-2/h4-8,11,14H,1,9-10H2,2-3H3;3H,2H2,1H3;1-2H3. The first kappa shape index (κ1) is 24.1. The van der Waals surface area contributed by atoms with E-state index in [0.717, 1.165) is 29.7 Å². The maximum atomic E-state index is 11.4. The normalized spacial score (nSPS) is 17.1. The summed E-state index contributed by atoms with van der Waals surface area (Å²) in [5, 5.41) is 4.29. The molecule has 0 radical (unpaired) electrons. The van der Waals surface area contributed by atoms with Crippen molar-refractivity contribution in [1.82, 2.24) is 0 Å². The van der Waals surface area contributed by atoms with Gasteiger partial charge in [0.25, 0.3) is 6.47 Å². The molecule has 0 bridgehead atoms. The second-order valence-corrected chi connectivity index (χ2v) is 7.19. The molecule has 5 nitrogen and oxygen atoms in total. The summed E-state index contributed by atoms with van der Waals surface area (Å²) in [5.41, 5.74) is 3.14. The van der Waals surface area contributed by atoms with Gasteiger partial charge >= 0.3 is 0 Å². The van der Waals surface area contributed by atoms with Crippen molar-refractivity contribution in [3.8, 4) is 0 Å². The second-order valence-electron chi connectivity index (χ2n) is 5.39. The fourth-order valence-electron chi connectivity index (χ4n) is 2.11. The maximum absolute atomic E-state index is 11.4. The number of ether oxygens (including phenoxy) is 1. The SMILES string of the molecule is C=Cc1ccc(C2=NOC(CC(C)S(C)=O)C2)cc1.CC.CCOC=O. The van der Waals surface area contributed by atoms with Gasteiger partial charge in [0.1, 0.15) is 6.10 Å². The van der Waals surface area contributed by atoms with Crippen LogP contribution in [0.1, 0.15) is 51.7 Å². The summed E-state index contributed by atoms with van der Waals surface area (Å²) in [5.74, 6) is 0. The highest BCUT2D eigenvalue weighted by Crippen LogP contribution is 2.21. The molecule has 0 aliphatic carbocycles. The highest BCUT2D eigenvalue weighted by molar-refractivity contribution is 7.84. The summed E-state index contributed by atoms with van der Waals surface area (Å²) in [6.07, 6.45) is 5.16. The summed E-state index contributed by atoms with van der Waals surface area (Å²) in [4.78, 5) is 14.6. The average Bonchev–Trinajstić information content (AvgIpc) is 3.13. The molecule has 3 atom stereocenters. The summed E-state index contributed by atoms with van der Waals surface area (Å²) >= 11 is 0. The monoisotopic (exact) mass is 381 g/mol. The van der Waals surface area contributed by atoms with Gasteiger partial charge in [-0.1, -0.05) is 62.8 Å². The zero-order valence-corrected chi connectivity index (χ0v) is 17.3. The molecule has 0 saturated heterocycles. The van der Waals surface area contributed by atoms with E-state index in [-0.39, 0.29) is 11.4 Å². The van der Waals surface area contributed by atoms with Crippen LogP contribution in [0.25, 0.3) is 6.08 Å². The van der Waals surface area contributed by atoms with E-state index in [2.05, 4.69) is 16.5 Å². The Morgan fingerprint density at radius 3 is 2.42 bits per heavy atom. The third-order valence-electron chi connectivity index (χ3n) is 3.61. The third kappa shape index (κ3) is 8.94. The number of benzene rings is 1. The lowest BCUT2D eigenvalue weighted by Crippen LogP contribution is -2.19. The van der Waals surface area contributed by atoms with Crippen LogP contribution in [-0.4, -0.2) is 40.6 Å². The van der Waals surface area contributed by atoms with Crippen molar-refractivity contribution in [2.75, 3.05) is 12.9 Å². The van der Waals surface area contributed by atoms with Gasteiger partial charge in [0.15, 0.2) is 0 Å². The molecule has 1 aliphatic heterocycles. The van der Waals surface area contributed by atoms with Gasteiger partial charge in [0.05, 0.1) is 12.3 Å². The molecule has 6 heteroatoms. The first-order valence-electron chi connectivity index (χ1n) is 8.84. The van der Waals surface area contributed by atoms with Gasteiger partial charge < -0.3 is 9.57 Å². The minimum Gasteiger partial charge on any atom is -0.468 e. The van der Waals surface area contributed by atoms with E-state index in [9.17, 15) is 9.00 Å². The fourth-order valence-corrected chi connectivity index (χ4v) is 2.60. The number of hydrogen-bond acceptors (Lipinski definition) is 5. The molecule has 0 amide bonds. The number of nitrogens with zero attached hydrogens (tertiary/aromatic N) is 1. The van der Waals surface area contributed by atoms with Crippen LogP contribution in [-0.2, 0) is 25.2 Å². The van der Waals surface area contributed by atoms with Gasteiger partial charge in [-0.3, -0.25) is 9.00 Å². The van der Waals surface area contributed by atoms with Crippen molar-refractivity contribution in [2.24, 2.45) is 5.16 Å². The zero-order chi connectivity index (χ0) is 19.9. The fraction of sp³-hybridized carbons (Fsp3) is 0.500. The number of oxime groups is 1. The van der Waals surface area contributed by atoms with Gasteiger partial charge in [-0.25, -0.2) is 0 Å². The quantitative estimate of drug-likeness (QED) is 0.665. The number of carbonyl (C=O) groups excluding carboxylic acids is 1. The van der Waals surface area contributed by atoms with Crippen molar-refractivity contribution in [3.63, 3.8) is 0 Å². The van der Waals surface area contributed by atoms with Crippen LogP contribution in [0.3, 0.4) is 0 Å². The van der Waals surface area contributed by atoms with E-state index in [1.54, 1.807) is 13.2 Å². The van der Waals surface area contributed by atoms with Crippen LogP contribution in [0.2, 0.25) is 0 Å². The summed E-state index contributed by atoms with van der Waals surface area (Å²) < 4.78 is 15.5. The van der Waals surface area contributed by atoms with Crippen molar-refractivity contribution < 1.29 is 18.6 Å². The number of carbonyl (C=O) groups is 1. The molecule has 0 N–H and O–H groups in total. The summed E-state index contributed by atoms with van der Waals surface area (Å²) in [6.45, 7) is 12.4. The molecule has 1 aromatic carbocycles. The molecule has 0 fully saturated rings. The Balaban J connectivity index is 0.000000772. The molecule has 0 saturated carbocycles. The van der Waals surface area contributed by atoms with Crippen molar-refractivity contribution in [1.29, 1.82) is 0 Å². The molecule has 1 aromatic rings. The Bertz CT molecular complexity index is 584. The molecule has 1 heterocycles. The Morgan fingerprint density at radius 2 is 2.00 bits per heavy atom. The minimum absolute atomic E-state index is 0.0491. The molecule has 26 heavy (non-hydrogen) atoms. The third-order valence-corrected chi connectivity index (χ3v) is 4.93. The molecule has 146 valence electrons. The van der Waals surface area contributed by atoms with Crippen LogP contribution < -0.4 is 0 Å². The number of rotatable bonds is 7. The van der Waals surface area contributed by atoms with Gasteiger partial charge in [0, 0.05) is 35.1 Å². The highest BCUT2D eigenvalue weighted by Gasteiger charge is 2.25. The lowest BCUT2D eigenvalue weighted by Gasteiger charge is -2.12. The summed E-state index contributed by atoms with van der Waals surface area (Å²) in [6, 6.07) is 8.09. The van der Waals surface area contributed by atoms with Gasteiger partial charge in [0.2, 0.25) is 0 Å². The topological polar surface area (TPSA) is 65.0 Å². The van der Waals surface area contributed by atoms with Crippen LogP contribution in [0, 0.1) is 0 Å². The van der Waals surface area contributed by atoms with Crippen molar-refractivity contribution >= 4 is 29.1 Å². The first-order valence-corrected chi connectivity index (χ1v) is 10.5. The van der Waals surface area contributed by atoms with E-state index in [1.165, 1.54) is 0 Å². The molecule has 0 aromatic heterocycles. The van der Waals surface area contributed by atoms with Crippen LogP contribution in [0.5, 0.6) is 0 Å².